The number of amides is 1. The van der Waals surface area contributed by atoms with Crippen molar-refractivity contribution in [2.24, 2.45) is 11.7 Å². The van der Waals surface area contributed by atoms with Crippen molar-refractivity contribution in [1.82, 2.24) is 4.90 Å². The van der Waals surface area contributed by atoms with Crippen LogP contribution in [0.25, 0.3) is 0 Å². The van der Waals surface area contributed by atoms with E-state index in [0.717, 1.165) is 6.42 Å². The quantitative estimate of drug-likeness (QED) is 0.692. The maximum Gasteiger partial charge on any atom is 0.303 e. The highest BCUT2D eigenvalue weighted by Crippen LogP contribution is 2.20. The first-order chi connectivity index (χ1) is 7.04. The Morgan fingerprint density at radius 2 is 2.27 bits per heavy atom. The fraction of sp³-hybridized carbons (Fsp3) is 0.800. The van der Waals surface area contributed by atoms with Crippen LogP contribution in [0, 0.1) is 5.92 Å². The molecule has 0 saturated carbocycles. The Balaban J connectivity index is 2.42. The van der Waals surface area contributed by atoms with Crippen molar-refractivity contribution in [3.63, 3.8) is 0 Å². The summed E-state index contributed by atoms with van der Waals surface area (Å²) in [5.41, 5.74) is 5.64. The SMILES string of the molecule is CC[C@H](N)C(=O)N1CCC(CC(=O)O)C1. The molecule has 0 aromatic heterocycles. The fourth-order valence-electron chi connectivity index (χ4n) is 1.86. The molecule has 5 nitrogen and oxygen atoms in total. The molecule has 86 valence electrons. The van der Waals surface area contributed by atoms with Gasteiger partial charge < -0.3 is 15.7 Å². The van der Waals surface area contributed by atoms with Crippen molar-refractivity contribution < 1.29 is 14.7 Å². The molecule has 0 radical (unpaired) electrons. The van der Waals surface area contributed by atoms with Gasteiger partial charge in [0.25, 0.3) is 0 Å². The molecule has 0 bridgehead atoms. The predicted molar refractivity (Wildman–Crippen MR) is 55.2 cm³/mol. The van der Waals surface area contributed by atoms with Crippen LogP contribution in [0.1, 0.15) is 26.2 Å². The monoisotopic (exact) mass is 214 g/mol. The molecule has 1 unspecified atom stereocenters. The first-order valence-electron chi connectivity index (χ1n) is 5.30. The standard InChI is InChI=1S/C10H18N2O3/c1-2-8(11)10(15)12-4-3-7(6-12)5-9(13)14/h7-8H,2-6,11H2,1H3,(H,13,14)/t7?,8-/m0/s1. The van der Waals surface area contributed by atoms with Crippen LogP contribution in [-0.2, 0) is 9.59 Å². The van der Waals surface area contributed by atoms with E-state index in [1.54, 1.807) is 4.90 Å². The molecule has 3 N–H and O–H groups in total. The van der Waals surface area contributed by atoms with Crippen LogP contribution < -0.4 is 5.73 Å². The minimum atomic E-state index is -0.797. The zero-order chi connectivity index (χ0) is 11.4. The van der Waals surface area contributed by atoms with Gasteiger partial charge >= 0.3 is 5.97 Å². The lowest BCUT2D eigenvalue weighted by molar-refractivity contribution is -0.138. The lowest BCUT2D eigenvalue weighted by Gasteiger charge is -2.19. The number of nitrogens with zero attached hydrogens (tertiary/aromatic N) is 1. The molecule has 0 spiro atoms. The Bertz CT molecular complexity index is 255. The van der Waals surface area contributed by atoms with Gasteiger partial charge in [0.2, 0.25) is 5.91 Å². The fourth-order valence-corrected chi connectivity index (χ4v) is 1.86. The molecule has 1 heterocycles. The smallest absolute Gasteiger partial charge is 0.303 e. The number of nitrogens with two attached hydrogens (primary N) is 1. The summed E-state index contributed by atoms with van der Waals surface area (Å²) in [5.74, 6) is -0.755. The summed E-state index contributed by atoms with van der Waals surface area (Å²) in [6, 6.07) is -0.437. The first kappa shape index (κ1) is 12.0. The van der Waals surface area contributed by atoms with E-state index in [2.05, 4.69) is 0 Å². The van der Waals surface area contributed by atoms with E-state index in [-0.39, 0.29) is 18.2 Å². The van der Waals surface area contributed by atoms with Gasteiger partial charge in [0.15, 0.2) is 0 Å². The molecule has 1 aliphatic heterocycles. The third-order valence-corrected chi connectivity index (χ3v) is 2.82. The highest BCUT2D eigenvalue weighted by Gasteiger charge is 2.29. The van der Waals surface area contributed by atoms with Gasteiger partial charge in [0.1, 0.15) is 0 Å². The maximum absolute atomic E-state index is 11.7. The number of hydrogen-bond acceptors (Lipinski definition) is 3. The van der Waals surface area contributed by atoms with Gasteiger partial charge in [-0.25, -0.2) is 0 Å². The molecule has 1 rings (SSSR count). The van der Waals surface area contributed by atoms with Gasteiger partial charge in [-0.1, -0.05) is 6.92 Å². The van der Waals surface area contributed by atoms with Crippen LogP contribution in [-0.4, -0.2) is 41.0 Å². The molecular weight excluding hydrogens is 196 g/mol. The summed E-state index contributed by atoms with van der Waals surface area (Å²) < 4.78 is 0. The van der Waals surface area contributed by atoms with Crippen molar-refractivity contribution in [2.75, 3.05) is 13.1 Å². The maximum atomic E-state index is 11.7. The van der Waals surface area contributed by atoms with Crippen molar-refractivity contribution in [1.29, 1.82) is 0 Å². The third kappa shape index (κ3) is 3.20. The van der Waals surface area contributed by atoms with Crippen LogP contribution in [0.3, 0.4) is 0 Å². The summed E-state index contributed by atoms with van der Waals surface area (Å²) in [7, 11) is 0. The van der Waals surface area contributed by atoms with Crippen LogP contribution in [0.2, 0.25) is 0 Å². The van der Waals surface area contributed by atoms with Gasteiger partial charge in [0, 0.05) is 19.5 Å². The molecule has 1 aliphatic rings. The molecule has 2 atom stereocenters. The summed E-state index contributed by atoms with van der Waals surface area (Å²) in [6.07, 6.45) is 1.54. The number of carbonyl (C=O) groups is 2. The van der Waals surface area contributed by atoms with E-state index in [4.69, 9.17) is 10.8 Å². The molecule has 0 aromatic carbocycles. The van der Waals surface area contributed by atoms with Crippen molar-refractivity contribution in [3.05, 3.63) is 0 Å². The second-order valence-electron chi connectivity index (χ2n) is 4.05. The Kier molecular flexibility index (Phi) is 4.08. The van der Waals surface area contributed by atoms with Crippen LogP contribution >= 0.6 is 0 Å². The predicted octanol–water partition coefficient (Wildman–Crippen LogP) is 0.0469. The lowest BCUT2D eigenvalue weighted by Crippen LogP contribution is -2.42. The summed E-state index contributed by atoms with van der Waals surface area (Å²) in [6.45, 7) is 3.05. The number of likely N-dealkylation sites (tertiary alicyclic amines) is 1. The van der Waals surface area contributed by atoms with E-state index in [1.807, 2.05) is 6.92 Å². The Morgan fingerprint density at radius 3 is 2.80 bits per heavy atom. The third-order valence-electron chi connectivity index (χ3n) is 2.82. The van der Waals surface area contributed by atoms with Gasteiger partial charge in [-0.3, -0.25) is 9.59 Å². The molecule has 15 heavy (non-hydrogen) atoms. The van der Waals surface area contributed by atoms with Gasteiger partial charge in [0.05, 0.1) is 6.04 Å². The first-order valence-corrected chi connectivity index (χ1v) is 5.30. The molecule has 5 heteroatoms. The second-order valence-corrected chi connectivity index (χ2v) is 4.05. The van der Waals surface area contributed by atoms with Gasteiger partial charge in [-0.2, -0.15) is 0 Å². The van der Waals surface area contributed by atoms with E-state index in [9.17, 15) is 9.59 Å². The van der Waals surface area contributed by atoms with Crippen molar-refractivity contribution >= 4 is 11.9 Å². The summed E-state index contributed by atoms with van der Waals surface area (Å²) in [4.78, 5) is 23.8. The topological polar surface area (TPSA) is 83.6 Å². The van der Waals surface area contributed by atoms with Gasteiger partial charge in [-0.05, 0) is 18.8 Å². The molecule has 1 fully saturated rings. The zero-order valence-corrected chi connectivity index (χ0v) is 8.98. The zero-order valence-electron chi connectivity index (χ0n) is 8.98. The van der Waals surface area contributed by atoms with Crippen molar-refractivity contribution in [3.8, 4) is 0 Å². The number of hydrogen-bond donors (Lipinski definition) is 2. The summed E-state index contributed by atoms with van der Waals surface area (Å²) in [5, 5.41) is 8.63. The largest absolute Gasteiger partial charge is 0.481 e. The van der Waals surface area contributed by atoms with E-state index in [1.165, 1.54) is 0 Å². The molecule has 0 aliphatic carbocycles. The summed E-state index contributed by atoms with van der Waals surface area (Å²) >= 11 is 0. The van der Waals surface area contributed by atoms with E-state index >= 15 is 0 Å². The Hall–Kier alpha value is -1.10. The van der Waals surface area contributed by atoms with Crippen LogP contribution in [0.4, 0.5) is 0 Å². The normalized spacial score (nSPS) is 22.8. The number of aliphatic carboxylic acids is 1. The highest BCUT2D eigenvalue weighted by atomic mass is 16.4. The molecule has 1 amide bonds. The minimum absolute atomic E-state index is 0.0506. The molecule has 0 aromatic rings. The Labute approximate surface area is 89.2 Å². The Morgan fingerprint density at radius 1 is 1.60 bits per heavy atom. The highest BCUT2D eigenvalue weighted by molar-refractivity contribution is 5.81. The van der Waals surface area contributed by atoms with Gasteiger partial charge in [-0.15, -0.1) is 0 Å². The van der Waals surface area contributed by atoms with Crippen LogP contribution in [0.5, 0.6) is 0 Å². The number of rotatable bonds is 4. The second kappa shape index (κ2) is 5.11. The lowest BCUT2D eigenvalue weighted by atomic mass is 10.1. The number of carboxylic acids is 1. The average molecular weight is 214 g/mol. The number of carboxylic acid groups (broad SMARTS) is 1. The molecular formula is C10H18N2O3. The van der Waals surface area contributed by atoms with E-state index in [0.29, 0.717) is 19.5 Å². The van der Waals surface area contributed by atoms with Crippen molar-refractivity contribution in [2.45, 2.75) is 32.2 Å². The molecule has 1 saturated heterocycles. The van der Waals surface area contributed by atoms with Crippen LogP contribution in [0.15, 0.2) is 0 Å². The minimum Gasteiger partial charge on any atom is -0.481 e. The average Bonchev–Trinajstić information content (AvgIpc) is 2.63. The van der Waals surface area contributed by atoms with E-state index < -0.39 is 12.0 Å². The number of carbonyl (C=O) groups excluding carboxylic acids is 1.